The molecule has 3 fully saturated rings. The van der Waals surface area contributed by atoms with Crippen LogP contribution >= 0.6 is 0 Å². The van der Waals surface area contributed by atoms with Gasteiger partial charge < -0.3 is 9.84 Å². The molecule has 3 heteroatoms. The Morgan fingerprint density at radius 2 is 1.81 bits per heavy atom. The first kappa shape index (κ1) is 10.6. The fourth-order valence-corrected chi connectivity index (χ4v) is 3.74. The van der Waals surface area contributed by atoms with Gasteiger partial charge in [-0.25, -0.2) is 0 Å². The Hall–Kier alpha value is -0.570. The number of carboxylic acids is 1. The van der Waals surface area contributed by atoms with Crippen molar-refractivity contribution in [2.75, 3.05) is 0 Å². The maximum Gasteiger partial charge on any atom is 0.306 e. The fourth-order valence-electron chi connectivity index (χ4n) is 3.74. The summed E-state index contributed by atoms with van der Waals surface area (Å²) in [6, 6.07) is 0. The van der Waals surface area contributed by atoms with Gasteiger partial charge in [0.25, 0.3) is 0 Å². The minimum Gasteiger partial charge on any atom is -0.481 e. The van der Waals surface area contributed by atoms with Crippen LogP contribution in [0.5, 0.6) is 0 Å². The summed E-state index contributed by atoms with van der Waals surface area (Å²) in [6.45, 7) is 0. The molecule has 0 bridgehead atoms. The molecule has 5 atom stereocenters. The van der Waals surface area contributed by atoms with Gasteiger partial charge in [-0.05, 0) is 43.9 Å². The molecule has 1 saturated heterocycles. The minimum atomic E-state index is -0.582. The van der Waals surface area contributed by atoms with Gasteiger partial charge in [0.05, 0.1) is 18.1 Å². The van der Waals surface area contributed by atoms with Gasteiger partial charge in [0.15, 0.2) is 0 Å². The SMILES string of the molecule is O=C(O)C1CCCC(C2CCC3OC3C2)C1. The molecule has 0 aromatic rings. The predicted molar refractivity (Wildman–Crippen MR) is 59.1 cm³/mol. The molecule has 0 spiro atoms. The zero-order valence-electron chi connectivity index (χ0n) is 9.60. The Labute approximate surface area is 96.2 Å². The van der Waals surface area contributed by atoms with Crippen LogP contribution in [-0.4, -0.2) is 23.3 Å². The first-order valence-electron chi connectivity index (χ1n) is 6.62. The number of hydrogen-bond acceptors (Lipinski definition) is 2. The summed E-state index contributed by atoms with van der Waals surface area (Å²) in [5.41, 5.74) is 0. The lowest BCUT2D eigenvalue weighted by atomic mass is 9.70. The van der Waals surface area contributed by atoms with E-state index in [0.29, 0.717) is 18.1 Å². The third-order valence-corrected chi connectivity index (χ3v) is 4.78. The summed E-state index contributed by atoms with van der Waals surface area (Å²) in [6.07, 6.45) is 8.92. The topological polar surface area (TPSA) is 49.8 Å². The van der Waals surface area contributed by atoms with Gasteiger partial charge in [-0.15, -0.1) is 0 Å². The predicted octanol–water partition coefficient (Wildman–Crippen LogP) is 2.44. The van der Waals surface area contributed by atoms with Crippen molar-refractivity contribution in [2.45, 2.75) is 57.2 Å². The van der Waals surface area contributed by atoms with E-state index in [-0.39, 0.29) is 5.92 Å². The van der Waals surface area contributed by atoms with E-state index in [1.807, 2.05) is 0 Å². The number of carboxylic acid groups (broad SMARTS) is 1. The van der Waals surface area contributed by atoms with Crippen molar-refractivity contribution in [1.29, 1.82) is 0 Å². The number of aliphatic carboxylic acids is 1. The normalized spacial score (nSPS) is 47.1. The molecule has 1 aliphatic heterocycles. The van der Waals surface area contributed by atoms with Gasteiger partial charge in [-0.2, -0.15) is 0 Å². The summed E-state index contributed by atoms with van der Waals surface area (Å²) < 4.78 is 5.56. The molecule has 1 heterocycles. The van der Waals surface area contributed by atoms with Gasteiger partial charge in [0, 0.05) is 0 Å². The third-order valence-electron chi connectivity index (χ3n) is 4.78. The average molecular weight is 224 g/mol. The van der Waals surface area contributed by atoms with E-state index in [9.17, 15) is 4.79 Å². The maximum atomic E-state index is 11.0. The van der Waals surface area contributed by atoms with Crippen molar-refractivity contribution in [2.24, 2.45) is 17.8 Å². The molecule has 5 unspecified atom stereocenters. The van der Waals surface area contributed by atoms with E-state index in [0.717, 1.165) is 25.2 Å². The third kappa shape index (κ3) is 1.97. The van der Waals surface area contributed by atoms with Gasteiger partial charge in [-0.1, -0.05) is 12.8 Å². The molecule has 2 aliphatic carbocycles. The van der Waals surface area contributed by atoms with Crippen LogP contribution in [0.3, 0.4) is 0 Å². The highest BCUT2D eigenvalue weighted by molar-refractivity contribution is 5.70. The number of rotatable bonds is 2. The number of fused-ring (bicyclic) bond motifs is 1. The fraction of sp³-hybridized carbons (Fsp3) is 0.923. The lowest BCUT2D eigenvalue weighted by molar-refractivity contribution is -0.143. The van der Waals surface area contributed by atoms with E-state index < -0.39 is 5.97 Å². The number of carbonyl (C=O) groups is 1. The zero-order valence-corrected chi connectivity index (χ0v) is 9.60. The molecule has 90 valence electrons. The summed E-state index contributed by atoms with van der Waals surface area (Å²) in [5.74, 6) is 0.739. The molecule has 2 saturated carbocycles. The van der Waals surface area contributed by atoms with E-state index in [2.05, 4.69) is 0 Å². The highest BCUT2D eigenvalue weighted by Gasteiger charge is 2.46. The Bertz CT molecular complexity index is 289. The van der Waals surface area contributed by atoms with E-state index in [1.54, 1.807) is 0 Å². The van der Waals surface area contributed by atoms with Crippen molar-refractivity contribution in [3.8, 4) is 0 Å². The smallest absolute Gasteiger partial charge is 0.306 e. The van der Waals surface area contributed by atoms with Crippen LogP contribution < -0.4 is 0 Å². The van der Waals surface area contributed by atoms with Gasteiger partial charge in [0.1, 0.15) is 0 Å². The molecule has 1 N–H and O–H groups in total. The molecule has 0 radical (unpaired) electrons. The Kier molecular flexibility index (Phi) is 2.66. The molecule has 16 heavy (non-hydrogen) atoms. The van der Waals surface area contributed by atoms with Crippen LogP contribution in [0.4, 0.5) is 0 Å². The summed E-state index contributed by atoms with van der Waals surface area (Å²) in [7, 11) is 0. The first-order valence-corrected chi connectivity index (χ1v) is 6.62. The van der Waals surface area contributed by atoms with Crippen LogP contribution in [0.1, 0.15) is 44.9 Å². The van der Waals surface area contributed by atoms with E-state index in [4.69, 9.17) is 9.84 Å². The Balaban J connectivity index is 1.58. The second-order valence-electron chi connectivity index (χ2n) is 5.75. The van der Waals surface area contributed by atoms with Gasteiger partial charge >= 0.3 is 5.97 Å². The second kappa shape index (κ2) is 4.02. The molecule has 3 aliphatic rings. The van der Waals surface area contributed by atoms with Crippen LogP contribution in [0.2, 0.25) is 0 Å². The van der Waals surface area contributed by atoms with Crippen LogP contribution in [0.25, 0.3) is 0 Å². The number of epoxide rings is 1. The number of ether oxygens (including phenoxy) is 1. The molecule has 0 amide bonds. The van der Waals surface area contributed by atoms with E-state index in [1.165, 1.54) is 25.7 Å². The minimum absolute atomic E-state index is 0.0726. The van der Waals surface area contributed by atoms with Crippen molar-refractivity contribution < 1.29 is 14.6 Å². The molecule has 0 aromatic carbocycles. The van der Waals surface area contributed by atoms with Crippen molar-refractivity contribution in [1.82, 2.24) is 0 Å². The summed E-state index contributed by atoms with van der Waals surface area (Å²) in [4.78, 5) is 11.0. The summed E-state index contributed by atoms with van der Waals surface area (Å²) >= 11 is 0. The van der Waals surface area contributed by atoms with Gasteiger partial charge in [-0.3, -0.25) is 4.79 Å². The maximum absolute atomic E-state index is 11.0. The second-order valence-corrected chi connectivity index (χ2v) is 5.75. The van der Waals surface area contributed by atoms with Crippen molar-refractivity contribution >= 4 is 5.97 Å². The largest absolute Gasteiger partial charge is 0.481 e. The van der Waals surface area contributed by atoms with Crippen LogP contribution in [0.15, 0.2) is 0 Å². The lowest BCUT2D eigenvalue weighted by Gasteiger charge is -2.34. The standard InChI is InChI=1S/C13H20O3/c14-13(15)10-3-1-2-8(6-10)9-4-5-11-12(7-9)16-11/h8-12H,1-7H2,(H,14,15). The monoisotopic (exact) mass is 224 g/mol. The van der Waals surface area contributed by atoms with Crippen LogP contribution in [-0.2, 0) is 9.53 Å². The molecule has 3 nitrogen and oxygen atoms in total. The Morgan fingerprint density at radius 3 is 2.56 bits per heavy atom. The molecular weight excluding hydrogens is 204 g/mol. The highest BCUT2D eigenvalue weighted by atomic mass is 16.6. The number of hydrogen-bond donors (Lipinski definition) is 1. The van der Waals surface area contributed by atoms with Crippen molar-refractivity contribution in [3.05, 3.63) is 0 Å². The van der Waals surface area contributed by atoms with E-state index >= 15 is 0 Å². The Morgan fingerprint density at radius 1 is 1.00 bits per heavy atom. The zero-order chi connectivity index (χ0) is 11.1. The highest BCUT2D eigenvalue weighted by Crippen LogP contribution is 2.46. The molecule has 0 aromatic heterocycles. The average Bonchev–Trinajstić information content (AvgIpc) is 3.07. The lowest BCUT2D eigenvalue weighted by Crippen LogP contribution is -2.29. The molecular formula is C13H20O3. The van der Waals surface area contributed by atoms with Crippen molar-refractivity contribution in [3.63, 3.8) is 0 Å². The first-order chi connectivity index (χ1) is 7.74. The van der Waals surface area contributed by atoms with Gasteiger partial charge in [0.2, 0.25) is 0 Å². The quantitative estimate of drug-likeness (QED) is 0.733. The summed E-state index contributed by atoms with van der Waals surface area (Å²) in [5, 5.41) is 9.09. The van der Waals surface area contributed by atoms with Crippen LogP contribution in [0, 0.1) is 17.8 Å². The molecule has 3 rings (SSSR count).